The third-order valence-corrected chi connectivity index (χ3v) is 4.34. The van der Waals surface area contributed by atoms with Crippen LogP contribution in [-0.4, -0.2) is 22.1 Å². The van der Waals surface area contributed by atoms with Crippen molar-refractivity contribution < 1.29 is 18.0 Å². The molecule has 1 aliphatic rings. The molecule has 0 spiro atoms. The highest BCUT2D eigenvalue weighted by atomic mass is 32.2. The van der Waals surface area contributed by atoms with Gasteiger partial charge in [-0.2, -0.15) is 13.2 Å². The number of benzene rings is 1. The molecule has 1 aliphatic heterocycles. The number of halogens is 3. The van der Waals surface area contributed by atoms with E-state index in [9.17, 15) is 22.8 Å². The van der Waals surface area contributed by atoms with Gasteiger partial charge < -0.3 is 10.3 Å². The van der Waals surface area contributed by atoms with Crippen molar-refractivity contribution in [2.24, 2.45) is 0 Å². The van der Waals surface area contributed by atoms with Crippen LogP contribution >= 0.6 is 11.8 Å². The first-order valence-electron chi connectivity index (χ1n) is 6.95. The molecule has 0 unspecified atom stereocenters. The van der Waals surface area contributed by atoms with E-state index in [0.717, 1.165) is 12.1 Å². The molecule has 0 bridgehead atoms. The smallest absolute Gasteiger partial charge is 0.310 e. The molecular formula is C15H12F3N3O2S. The monoisotopic (exact) mass is 355 g/mol. The number of aromatic amines is 1. The molecule has 0 saturated heterocycles. The van der Waals surface area contributed by atoms with E-state index in [-0.39, 0.29) is 23.7 Å². The van der Waals surface area contributed by atoms with Crippen LogP contribution in [0.3, 0.4) is 0 Å². The van der Waals surface area contributed by atoms with Crippen LogP contribution in [0.1, 0.15) is 29.0 Å². The Kier molecular flexibility index (Phi) is 4.12. The molecule has 1 aromatic carbocycles. The molecule has 9 heteroatoms. The number of carbonyl (C=O) groups is 1. The lowest BCUT2D eigenvalue weighted by Gasteiger charge is -2.24. The number of nitrogens with one attached hydrogen (secondary N) is 2. The van der Waals surface area contributed by atoms with Gasteiger partial charge in [-0.25, -0.2) is 4.98 Å². The lowest BCUT2D eigenvalue weighted by Crippen LogP contribution is -2.31. The van der Waals surface area contributed by atoms with Gasteiger partial charge in [-0.05, 0) is 24.0 Å². The molecule has 1 atom stereocenters. The van der Waals surface area contributed by atoms with Gasteiger partial charge in [0.2, 0.25) is 5.91 Å². The number of fused-ring (bicyclic) bond motifs is 1. The second-order valence-electron chi connectivity index (χ2n) is 5.26. The highest BCUT2D eigenvalue weighted by Crippen LogP contribution is 2.36. The van der Waals surface area contributed by atoms with Crippen LogP contribution in [0.2, 0.25) is 0 Å². The largest absolute Gasteiger partial charge is 0.416 e. The number of amides is 1. The van der Waals surface area contributed by atoms with E-state index in [1.807, 2.05) is 0 Å². The van der Waals surface area contributed by atoms with Crippen molar-refractivity contribution in [1.29, 1.82) is 0 Å². The summed E-state index contributed by atoms with van der Waals surface area (Å²) in [5, 5.41) is 2.90. The molecule has 24 heavy (non-hydrogen) atoms. The fourth-order valence-corrected chi connectivity index (χ4v) is 3.01. The summed E-state index contributed by atoms with van der Waals surface area (Å²) < 4.78 is 38.0. The van der Waals surface area contributed by atoms with E-state index in [1.54, 1.807) is 6.26 Å². The Morgan fingerprint density at radius 2 is 1.88 bits per heavy atom. The van der Waals surface area contributed by atoms with E-state index >= 15 is 0 Å². The summed E-state index contributed by atoms with van der Waals surface area (Å²) >= 11 is 1.22. The van der Waals surface area contributed by atoms with Gasteiger partial charge in [0, 0.05) is 12.3 Å². The van der Waals surface area contributed by atoms with Crippen molar-refractivity contribution >= 4 is 23.5 Å². The van der Waals surface area contributed by atoms with Crippen molar-refractivity contribution in [2.45, 2.75) is 23.7 Å². The number of carbonyl (C=O) groups excluding carboxylic acids is 1. The topological polar surface area (TPSA) is 74.8 Å². The van der Waals surface area contributed by atoms with Crippen LogP contribution in [0.15, 0.2) is 34.2 Å². The standard InChI is InChI=1S/C15H12F3N3O2S/c1-24-14-20-12-11(13(23)21-14)9(6-10(22)19-12)7-2-4-8(5-3-7)15(16,17)18/h2-5,9H,6H2,1H3,(H2,19,20,21,22,23)/t9-/m1/s1. The van der Waals surface area contributed by atoms with Crippen LogP contribution in [0.25, 0.3) is 0 Å². The molecule has 3 rings (SSSR count). The van der Waals surface area contributed by atoms with Crippen molar-refractivity contribution in [3.05, 3.63) is 51.3 Å². The van der Waals surface area contributed by atoms with Gasteiger partial charge in [0.15, 0.2) is 5.16 Å². The fraction of sp³-hybridized carbons (Fsp3) is 0.267. The molecule has 1 amide bonds. The summed E-state index contributed by atoms with van der Waals surface area (Å²) in [6.45, 7) is 0. The van der Waals surface area contributed by atoms with Gasteiger partial charge in [0.1, 0.15) is 5.82 Å². The van der Waals surface area contributed by atoms with E-state index in [1.165, 1.54) is 23.9 Å². The normalized spacial score (nSPS) is 17.3. The van der Waals surface area contributed by atoms with Gasteiger partial charge in [-0.1, -0.05) is 23.9 Å². The highest BCUT2D eigenvalue weighted by Gasteiger charge is 2.33. The number of hydrogen-bond acceptors (Lipinski definition) is 4. The van der Waals surface area contributed by atoms with E-state index in [0.29, 0.717) is 10.7 Å². The molecule has 2 N–H and O–H groups in total. The lowest BCUT2D eigenvalue weighted by molar-refractivity contribution is -0.137. The molecule has 0 radical (unpaired) electrons. The van der Waals surface area contributed by atoms with Gasteiger partial charge >= 0.3 is 6.18 Å². The zero-order valence-electron chi connectivity index (χ0n) is 12.4. The first kappa shape index (κ1) is 16.6. The van der Waals surface area contributed by atoms with E-state index in [4.69, 9.17) is 0 Å². The third-order valence-electron chi connectivity index (χ3n) is 3.76. The molecule has 126 valence electrons. The first-order chi connectivity index (χ1) is 11.3. The Morgan fingerprint density at radius 1 is 1.21 bits per heavy atom. The first-order valence-corrected chi connectivity index (χ1v) is 8.17. The number of nitrogens with zero attached hydrogens (tertiary/aromatic N) is 1. The number of H-pyrrole nitrogens is 1. The summed E-state index contributed by atoms with van der Waals surface area (Å²) in [6.07, 6.45) is -2.74. The number of hydrogen-bond donors (Lipinski definition) is 2. The quantitative estimate of drug-likeness (QED) is 0.642. The minimum absolute atomic E-state index is 0.0261. The van der Waals surface area contributed by atoms with Crippen LogP contribution in [0.5, 0.6) is 0 Å². The minimum atomic E-state index is -4.44. The van der Waals surface area contributed by atoms with E-state index in [2.05, 4.69) is 15.3 Å². The van der Waals surface area contributed by atoms with Crippen LogP contribution in [0, 0.1) is 0 Å². The van der Waals surface area contributed by atoms with Crippen LogP contribution in [0.4, 0.5) is 19.0 Å². The number of thioether (sulfide) groups is 1. The van der Waals surface area contributed by atoms with Crippen LogP contribution < -0.4 is 10.9 Å². The molecular weight excluding hydrogens is 343 g/mol. The van der Waals surface area contributed by atoms with Gasteiger partial charge in [0.25, 0.3) is 5.56 Å². The van der Waals surface area contributed by atoms with Crippen molar-refractivity contribution in [2.75, 3.05) is 11.6 Å². The minimum Gasteiger partial charge on any atom is -0.310 e. The number of aromatic nitrogens is 2. The Hall–Kier alpha value is -2.29. The summed E-state index contributed by atoms with van der Waals surface area (Å²) in [7, 11) is 0. The predicted octanol–water partition coefficient (Wildman–Crippen LogP) is 2.98. The fourth-order valence-electron chi connectivity index (χ4n) is 2.64. The number of rotatable bonds is 2. The maximum atomic E-state index is 12.7. The average Bonchev–Trinajstić information content (AvgIpc) is 2.52. The number of anilines is 1. The molecule has 0 aliphatic carbocycles. The third kappa shape index (κ3) is 3.03. The lowest BCUT2D eigenvalue weighted by atomic mass is 9.86. The highest BCUT2D eigenvalue weighted by molar-refractivity contribution is 7.98. The zero-order valence-corrected chi connectivity index (χ0v) is 13.2. The zero-order chi connectivity index (χ0) is 17.5. The second kappa shape index (κ2) is 5.97. The molecule has 2 heterocycles. The van der Waals surface area contributed by atoms with Crippen molar-refractivity contribution in [3.63, 3.8) is 0 Å². The predicted molar refractivity (Wildman–Crippen MR) is 83.2 cm³/mol. The maximum absolute atomic E-state index is 12.7. The summed E-state index contributed by atoms with van der Waals surface area (Å²) in [4.78, 5) is 31.0. The van der Waals surface area contributed by atoms with Crippen LogP contribution in [-0.2, 0) is 11.0 Å². The Balaban J connectivity index is 2.07. The Labute approximate surface area is 138 Å². The SMILES string of the molecule is CSc1nc2c(c(=O)[nH]1)[C@@H](c1ccc(C(F)(F)F)cc1)CC(=O)N2. The summed E-state index contributed by atoms with van der Waals surface area (Å²) in [5.41, 5.74) is -0.471. The van der Waals surface area contributed by atoms with Crippen molar-refractivity contribution in [1.82, 2.24) is 9.97 Å². The van der Waals surface area contributed by atoms with Gasteiger partial charge in [0.05, 0.1) is 11.1 Å². The summed E-state index contributed by atoms with van der Waals surface area (Å²) in [6, 6.07) is 4.47. The average molecular weight is 355 g/mol. The maximum Gasteiger partial charge on any atom is 0.416 e. The Morgan fingerprint density at radius 3 is 2.46 bits per heavy atom. The molecule has 1 aromatic heterocycles. The molecule has 5 nitrogen and oxygen atoms in total. The second-order valence-corrected chi connectivity index (χ2v) is 6.06. The van der Waals surface area contributed by atoms with Gasteiger partial charge in [-0.15, -0.1) is 0 Å². The molecule has 2 aromatic rings. The van der Waals surface area contributed by atoms with E-state index < -0.39 is 23.2 Å². The summed E-state index contributed by atoms with van der Waals surface area (Å²) in [5.74, 6) is -0.815. The Bertz CT molecular complexity index is 847. The van der Waals surface area contributed by atoms with Gasteiger partial charge in [-0.3, -0.25) is 9.59 Å². The molecule has 0 fully saturated rings. The molecule has 0 saturated carbocycles. The van der Waals surface area contributed by atoms with Crippen molar-refractivity contribution in [3.8, 4) is 0 Å². The number of alkyl halides is 3.